The number of benzene rings is 1. The van der Waals surface area contributed by atoms with Gasteiger partial charge in [-0.1, -0.05) is 26.0 Å². The van der Waals surface area contributed by atoms with Crippen LogP contribution >= 0.6 is 0 Å². The van der Waals surface area contributed by atoms with E-state index in [1.54, 1.807) is 11.9 Å². The van der Waals surface area contributed by atoms with Gasteiger partial charge < -0.3 is 15.0 Å². The number of carbonyl (C=O) groups excluding carboxylic acids is 2. The van der Waals surface area contributed by atoms with E-state index < -0.39 is 0 Å². The van der Waals surface area contributed by atoms with Crippen molar-refractivity contribution in [2.75, 3.05) is 20.2 Å². The van der Waals surface area contributed by atoms with Gasteiger partial charge in [0.25, 0.3) is 0 Å². The fourth-order valence-corrected chi connectivity index (χ4v) is 2.85. The zero-order valence-electron chi connectivity index (χ0n) is 15.7. The first-order valence-corrected chi connectivity index (χ1v) is 9.14. The number of amides is 2. The van der Waals surface area contributed by atoms with E-state index in [-0.39, 0.29) is 23.8 Å². The molecule has 0 unspecified atom stereocenters. The normalized spacial score (nSPS) is 19.0. The van der Waals surface area contributed by atoms with E-state index in [0.717, 1.165) is 24.2 Å². The average Bonchev–Trinajstić information content (AvgIpc) is 2.57. The van der Waals surface area contributed by atoms with E-state index in [1.165, 1.54) is 0 Å². The third kappa shape index (κ3) is 5.76. The predicted molar refractivity (Wildman–Crippen MR) is 98.3 cm³/mol. The van der Waals surface area contributed by atoms with Crippen LogP contribution < -0.4 is 10.1 Å². The second-order valence-corrected chi connectivity index (χ2v) is 7.34. The van der Waals surface area contributed by atoms with Gasteiger partial charge in [-0.3, -0.25) is 9.59 Å². The van der Waals surface area contributed by atoms with Crippen molar-refractivity contribution in [1.82, 2.24) is 10.2 Å². The molecule has 1 fully saturated rings. The minimum atomic E-state index is -0.218. The van der Waals surface area contributed by atoms with Crippen LogP contribution in [0.4, 0.5) is 0 Å². The van der Waals surface area contributed by atoms with E-state index >= 15 is 0 Å². The Balaban J connectivity index is 1.84. The first-order chi connectivity index (χ1) is 11.9. The van der Waals surface area contributed by atoms with Gasteiger partial charge in [-0.25, -0.2) is 0 Å². The maximum absolute atomic E-state index is 12.4. The highest BCUT2D eigenvalue weighted by atomic mass is 16.5. The second-order valence-electron chi connectivity index (χ2n) is 7.34. The molecule has 5 nitrogen and oxygen atoms in total. The second kappa shape index (κ2) is 8.88. The van der Waals surface area contributed by atoms with Crippen LogP contribution in [0.2, 0.25) is 0 Å². The lowest BCUT2D eigenvalue weighted by Crippen LogP contribution is -2.42. The van der Waals surface area contributed by atoms with Gasteiger partial charge in [-0.05, 0) is 43.4 Å². The smallest absolute Gasteiger partial charge is 0.224 e. The quantitative estimate of drug-likeness (QED) is 0.825. The molecule has 0 aliphatic carbocycles. The Morgan fingerprint density at radius 1 is 1.28 bits per heavy atom. The molecule has 0 spiro atoms. The van der Waals surface area contributed by atoms with Crippen molar-refractivity contribution < 1.29 is 14.3 Å². The average molecular weight is 346 g/mol. The van der Waals surface area contributed by atoms with Gasteiger partial charge in [-0.15, -0.1) is 0 Å². The SMILES string of the molecule is CC(C)CCOc1ccc([C@H](C)NC(=O)[C@@H]2CCN(C)C(=O)C2)cc1. The van der Waals surface area contributed by atoms with Crippen molar-refractivity contribution in [3.8, 4) is 5.75 Å². The topological polar surface area (TPSA) is 58.6 Å². The zero-order valence-corrected chi connectivity index (χ0v) is 15.7. The molecule has 5 heteroatoms. The summed E-state index contributed by atoms with van der Waals surface area (Å²) in [6.45, 7) is 7.67. The van der Waals surface area contributed by atoms with Gasteiger partial charge in [0.05, 0.1) is 12.6 Å². The molecule has 2 atom stereocenters. The standard InChI is InChI=1S/C20H30N2O3/c1-14(2)10-12-25-18-7-5-16(6-8-18)15(3)21-20(24)17-9-11-22(4)19(23)13-17/h5-8,14-15,17H,9-13H2,1-4H3,(H,21,24)/t15-,17+/m0/s1. The summed E-state index contributed by atoms with van der Waals surface area (Å²) in [4.78, 5) is 25.8. The van der Waals surface area contributed by atoms with Crippen molar-refractivity contribution in [3.05, 3.63) is 29.8 Å². The maximum Gasteiger partial charge on any atom is 0.224 e. The fourth-order valence-electron chi connectivity index (χ4n) is 2.85. The highest BCUT2D eigenvalue weighted by Gasteiger charge is 2.29. The minimum absolute atomic E-state index is 0.0359. The molecule has 25 heavy (non-hydrogen) atoms. The van der Waals surface area contributed by atoms with Crippen molar-refractivity contribution in [2.24, 2.45) is 11.8 Å². The van der Waals surface area contributed by atoms with Crippen molar-refractivity contribution in [2.45, 2.75) is 46.1 Å². The molecule has 1 aliphatic rings. The molecule has 1 aliphatic heterocycles. The number of hydrogen-bond acceptors (Lipinski definition) is 3. The Kier molecular flexibility index (Phi) is 6.85. The Morgan fingerprint density at radius 2 is 1.96 bits per heavy atom. The number of ether oxygens (including phenoxy) is 1. The number of nitrogens with zero attached hydrogens (tertiary/aromatic N) is 1. The van der Waals surface area contributed by atoms with Crippen LogP contribution in [0.25, 0.3) is 0 Å². The van der Waals surface area contributed by atoms with E-state index in [1.807, 2.05) is 31.2 Å². The van der Waals surface area contributed by atoms with Crippen LogP contribution in [-0.4, -0.2) is 36.9 Å². The minimum Gasteiger partial charge on any atom is -0.494 e. The molecular formula is C20H30N2O3. The van der Waals surface area contributed by atoms with Crippen LogP contribution in [0, 0.1) is 11.8 Å². The number of carbonyl (C=O) groups is 2. The first kappa shape index (κ1) is 19.3. The van der Waals surface area contributed by atoms with E-state index in [4.69, 9.17) is 4.74 Å². The summed E-state index contributed by atoms with van der Waals surface area (Å²) in [6, 6.07) is 7.76. The molecule has 2 amide bonds. The summed E-state index contributed by atoms with van der Waals surface area (Å²) in [5.41, 5.74) is 1.03. The number of likely N-dealkylation sites (tertiary alicyclic amines) is 1. The molecule has 2 rings (SSSR count). The molecule has 1 heterocycles. The van der Waals surface area contributed by atoms with Crippen LogP contribution in [0.3, 0.4) is 0 Å². The van der Waals surface area contributed by atoms with E-state index in [9.17, 15) is 9.59 Å². The van der Waals surface area contributed by atoms with Crippen LogP contribution in [0.5, 0.6) is 5.75 Å². The molecule has 1 aromatic rings. The summed E-state index contributed by atoms with van der Waals surface area (Å²) < 4.78 is 5.72. The molecule has 138 valence electrons. The van der Waals surface area contributed by atoms with E-state index in [2.05, 4.69) is 19.2 Å². The van der Waals surface area contributed by atoms with Crippen LogP contribution in [-0.2, 0) is 9.59 Å². The Labute approximate surface area is 150 Å². The van der Waals surface area contributed by atoms with Crippen LogP contribution in [0.15, 0.2) is 24.3 Å². The predicted octanol–water partition coefficient (Wildman–Crippen LogP) is 3.16. The zero-order chi connectivity index (χ0) is 18.4. The number of rotatable bonds is 7. The van der Waals surface area contributed by atoms with Crippen molar-refractivity contribution in [3.63, 3.8) is 0 Å². The van der Waals surface area contributed by atoms with Gasteiger partial charge in [0.1, 0.15) is 5.75 Å². The van der Waals surface area contributed by atoms with Gasteiger partial charge in [-0.2, -0.15) is 0 Å². The summed E-state index contributed by atoms with van der Waals surface area (Å²) in [6.07, 6.45) is 2.06. The summed E-state index contributed by atoms with van der Waals surface area (Å²) in [5.74, 6) is 1.27. The molecule has 1 aromatic carbocycles. The Hall–Kier alpha value is -2.04. The molecule has 0 radical (unpaired) electrons. The third-order valence-electron chi connectivity index (χ3n) is 4.73. The fraction of sp³-hybridized carbons (Fsp3) is 0.600. The highest BCUT2D eigenvalue weighted by Crippen LogP contribution is 2.21. The van der Waals surface area contributed by atoms with Crippen LogP contribution in [0.1, 0.15) is 51.6 Å². The molecule has 0 saturated carbocycles. The van der Waals surface area contributed by atoms with Crippen molar-refractivity contribution >= 4 is 11.8 Å². The lowest BCUT2D eigenvalue weighted by molar-refractivity contribution is -0.139. The van der Waals surface area contributed by atoms with Gasteiger partial charge in [0.15, 0.2) is 0 Å². The summed E-state index contributed by atoms with van der Waals surface area (Å²) >= 11 is 0. The monoisotopic (exact) mass is 346 g/mol. The highest BCUT2D eigenvalue weighted by molar-refractivity contribution is 5.87. The first-order valence-electron chi connectivity index (χ1n) is 9.14. The lowest BCUT2D eigenvalue weighted by atomic mass is 9.95. The maximum atomic E-state index is 12.4. The summed E-state index contributed by atoms with van der Waals surface area (Å²) in [5, 5.41) is 3.03. The molecule has 1 saturated heterocycles. The molecule has 0 aromatic heterocycles. The van der Waals surface area contributed by atoms with Gasteiger partial charge in [0.2, 0.25) is 11.8 Å². The molecule has 0 bridgehead atoms. The van der Waals surface area contributed by atoms with E-state index in [0.29, 0.717) is 25.5 Å². The van der Waals surface area contributed by atoms with Gasteiger partial charge in [0, 0.05) is 25.9 Å². The third-order valence-corrected chi connectivity index (χ3v) is 4.73. The molecule has 1 N–H and O–H groups in total. The van der Waals surface area contributed by atoms with Gasteiger partial charge >= 0.3 is 0 Å². The largest absolute Gasteiger partial charge is 0.494 e. The van der Waals surface area contributed by atoms with Crippen molar-refractivity contribution in [1.29, 1.82) is 0 Å². The Bertz CT molecular complexity index is 583. The lowest BCUT2D eigenvalue weighted by Gasteiger charge is -2.29. The number of hydrogen-bond donors (Lipinski definition) is 1. The number of piperidine rings is 1. The summed E-state index contributed by atoms with van der Waals surface area (Å²) in [7, 11) is 1.78. The Morgan fingerprint density at radius 3 is 2.56 bits per heavy atom. The number of nitrogens with one attached hydrogen (secondary N) is 1. The molecular weight excluding hydrogens is 316 g/mol.